The first-order valence-corrected chi connectivity index (χ1v) is 10.8. The maximum absolute atomic E-state index is 12.7. The number of amides is 1. The predicted molar refractivity (Wildman–Crippen MR) is 107 cm³/mol. The van der Waals surface area contributed by atoms with Gasteiger partial charge in [0.25, 0.3) is 0 Å². The second kappa shape index (κ2) is 7.96. The van der Waals surface area contributed by atoms with Gasteiger partial charge in [0.2, 0.25) is 11.0 Å². The van der Waals surface area contributed by atoms with Crippen LogP contribution in [0, 0.1) is 11.8 Å². The largest absolute Gasteiger partial charge is 0.353 e. The molecule has 1 saturated heterocycles. The molecule has 2 aliphatic rings. The number of aromatic nitrogens is 4. The van der Waals surface area contributed by atoms with Crippen molar-refractivity contribution in [3.8, 4) is 10.7 Å². The Balaban J connectivity index is 1.32. The predicted octanol–water partition coefficient (Wildman–Crippen LogP) is 2.85. The molecule has 1 amide bonds. The van der Waals surface area contributed by atoms with Gasteiger partial charge in [-0.2, -0.15) is 5.10 Å². The first-order valence-electron chi connectivity index (χ1n) is 9.99. The fraction of sp³-hybridized carbons (Fsp3) is 0.684. The van der Waals surface area contributed by atoms with Crippen LogP contribution in [0.25, 0.3) is 10.7 Å². The molecule has 7 nitrogen and oxygen atoms in total. The summed E-state index contributed by atoms with van der Waals surface area (Å²) in [5.41, 5.74) is 0.981. The molecule has 8 heteroatoms. The third-order valence-corrected chi connectivity index (χ3v) is 7.04. The molecule has 2 fully saturated rings. The maximum atomic E-state index is 12.7. The molecule has 1 saturated carbocycles. The number of carbonyl (C=O) groups is 1. The zero-order valence-corrected chi connectivity index (χ0v) is 16.9. The Morgan fingerprint density at radius 1 is 1.19 bits per heavy atom. The zero-order valence-electron chi connectivity index (χ0n) is 16.1. The quantitative estimate of drug-likeness (QED) is 0.872. The second-order valence-corrected chi connectivity index (χ2v) is 8.82. The first kappa shape index (κ1) is 18.4. The van der Waals surface area contributed by atoms with Crippen molar-refractivity contribution in [2.24, 2.45) is 18.9 Å². The lowest BCUT2D eigenvalue weighted by molar-refractivity contribution is -0.126. The minimum atomic E-state index is 0.125. The van der Waals surface area contributed by atoms with E-state index in [1.165, 1.54) is 19.3 Å². The highest BCUT2D eigenvalue weighted by Gasteiger charge is 2.30. The fourth-order valence-electron chi connectivity index (χ4n) is 4.19. The van der Waals surface area contributed by atoms with Gasteiger partial charge < -0.3 is 10.2 Å². The molecule has 2 aromatic heterocycles. The van der Waals surface area contributed by atoms with E-state index in [-0.39, 0.29) is 11.8 Å². The highest BCUT2D eigenvalue weighted by atomic mass is 32.1. The van der Waals surface area contributed by atoms with E-state index in [0.29, 0.717) is 12.0 Å². The monoisotopic (exact) mass is 388 g/mol. The summed E-state index contributed by atoms with van der Waals surface area (Å²) in [6.07, 6.45) is 8.44. The van der Waals surface area contributed by atoms with Crippen LogP contribution in [0.3, 0.4) is 0 Å². The van der Waals surface area contributed by atoms with E-state index in [9.17, 15) is 4.79 Å². The van der Waals surface area contributed by atoms with Crippen molar-refractivity contribution >= 4 is 22.4 Å². The van der Waals surface area contributed by atoms with Gasteiger partial charge in [-0.3, -0.25) is 9.48 Å². The number of hydrogen-bond donors (Lipinski definition) is 1. The average Bonchev–Trinajstić information content (AvgIpc) is 3.32. The standard InChI is InChI=1S/C19H28N6OS/c1-13-5-3-4-6-15(13)21-17(26)14-8-11-25(12-9-14)19-23-22-18(27-19)16-7-10-20-24(16)2/h7,10,13-15H,3-6,8-9,11-12H2,1-2H3,(H,21,26). The van der Waals surface area contributed by atoms with Gasteiger partial charge in [0.05, 0.1) is 5.69 Å². The number of anilines is 1. The molecule has 2 unspecified atom stereocenters. The summed E-state index contributed by atoms with van der Waals surface area (Å²) in [4.78, 5) is 14.9. The molecule has 4 rings (SSSR count). The van der Waals surface area contributed by atoms with Crippen LogP contribution in [-0.4, -0.2) is 45.0 Å². The smallest absolute Gasteiger partial charge is 0.223 e. The highest BCUT2D eigenvalue weighted by Crippen LogP contribution is 2.31. The third-order valence-electron chi connectivity index (χ3n) is 6.03. The van der Waals surface area contributed by atoms with Gasteiger partial charge in [-0.15, -0.1) is 10.2 Å². The van der Waals surface area contributed by atoms with E-state index < -0.39 is 0 Å². The van der Waals surface area contributed by atoms with Crippen LogP contribution >= 0.6 is 11.3 Å². The first-order chi connectivity index (χ1) is 13.1. The highest BCUT2D eigenvalue weighted by molar-refractivity contribution is 7.18. The summed E-state index contributed by atoms with van der Waals surface area (Å²) >= 11 is 1.59. The second-order valence-electron chi connectivity index (χ2n) is 7.87. The maximum Gasteiger partial charge on any atom is 0.223 e. The fourth-order valence-corrected chi connectivity index (χ4v) is 5.15. The van der Waals surface area contributed by atoms with E-state index >= 15 is 0 Å². The number of nitrogens with zero attached hydrogens (tertiary/aromatic N) is 5. The number of hydrogen-bond acceptors (Lipinski definition) is 6. The molecule has 1 N–H and O–H groups in total. The topological polar surface area (TPSA) is 75.9 Å². The molecule has 3 heterocycles. The Morgan fingerprint density at radius 2 is 1.96 bits per heavy atom. The van der Waals surface area contributed by atoms with Crippen molar-refractivity contribution in [3.05, 3.63) is 12.3 Å². The lowest BCUT2D eigenvalue weighted by Crippen LogP contribution is -2.46. The van der Waals surface area contributed by atoms with E-state index in [2.05, 4.69) is 32.4 Å². The molecule has 2 aromatic rings. The molecule has 146 valence electrons. The van der Waals surface area contributed by atoms with Gasteiger partial charge in [-0.25, -0.2) is 0 Å². The van der Waals surface area contributed by atoms with Gasteiger partial charge in [-0.05, 0) is 37.7 Å². The molecule has 1 aliphatic heterocycles. The van der Waals surface area contributed by atoms with E-state index in [4.69, 9.17) is 0 Å². The van der Waals surface area contributed by atoms with Crippen LogP contribution < -0.4 is 10.2 Å². The number of rotatable bonds is 4. The summed E-state index contributed by atoms with van der Waals surface area (Å²) in [7, 11) is 1.91. The van der Waals surface area contributed by atoms with Gasteiger partial charge in [0.15, 0.2) is 5.01 Å². The van der Waals surface area contributed by atoms with Gasteiger partial charge in [0, 0.05) is 38.3 Å². The minimum absolute atomic E-state index is 0.125. The average molecular weight is 389 g/mol. The zero-order chi connectivity index (χ0) is 18.8. The number of aryl methyl sites for hydroxylation is 1. The molecule has 27 heavy (non-hydrogen) atoms. The summed E-state index contributed by atoms with van der Waals surface area (Å²) in [5, 5.41) is 18.0. The lowest BCUT2D eigenvalue weighted by Gasteiger charge is -2.34. The Bertz CT molecular complexity index is 779. The SMILES string of the molecule is CC1CCCCC1NC(=O)C1CCN(c2nnc(-c3ccnn3C)s2)CC1. The molecule has 0 spiro atoms. The molecule has 0 bridgehead atoms. The third kappa shape index (κ3) is 4.00. The van der Waals surface area contributed by atoms with Crippen molar-refractivity contribution in [1.82, 2.24) is 25.3 Å². The number of piperidine rings is 1. The van der Waals surface area contributed by atoms with Crippen molar-refractivity contribution in [2.45, 2.75) is 51.5 Å². The van der Waals surface area contributed by atoms with Crippen molar-refractivity contribution in [3.63, 3.8) is 0 Å². The van der Waals surface area contributed by atoms with E-state index in [1.54, 1.807) is 17.5 Å². The van der Waals surface area contributed by atoms with Crippen LogP contribution in [0.5, 0.6) is 0 Å². The van der Waals surface area contributed by atoms with Crippen LogP contribution in [0.15, 0.2) is 12.3 Å². The molecular weight excluding hydrogens is 360 g/mol. The van der Waals surface area contributed by atoms with Crippen molar-refractivity contribution in [1.29, 1.82) is 0 Å². The Hall–Kier alpha value is -1.96. The Kier molecular flexibility index (Phi) is 5.43. The molecule has 0 aromatic carbocycles. The Labute approximate surface area is 164 Å². The molecular formula is C19H28N6OS. The van der Waals surface area contributed by atoms with Crippen LogP contribution in [0.2, 0.25) is 0 Å². The molecule has 2 atom stereocenters. The van der Waals surface area contributed by atoms with E-state index in [1.807, 2.05) is 17.8 Å². The summed E-state index contributed by atoms with van der Waals surface area (Å²) in [6.45, 7) is 3.98. The number of carbonyl (C=O) groups excluding carboxylic acids is 1. The van der Waals surface area contributed by atoms with Crippen LogP contribution in [-0.2, 0) is 11.8 Å². The van der Waals surface area contributed by atoms with Gasteiger partial charge >= 0.3 is 0 Å². The van der Waals surface area contributed by atoms with Crippen molar-refractivity contribution < 1.29 is 4.79 Å². The van der Waals surface area contributed by atoms with Crippen LogP contribution in [0.4, 0.5) is 5.13 Å². The number of nitrogens with one attached hydrogen (secondary N) is 1. The van der Waals surface area contributed by atoms with E-state index in [0.717, 1.165) is 48.2 Å². The van der Waals surface area contributed by atoms with Crippen LogP contribution in [0.1, 0.15) is 45.4 Å². The summed E-state index contributed by atoms with van der Waals surface area (Å²) in [6, 6.07) is 2.32. The van der Waals surface area contributed by atoms with Gasteiger partial charge in [-0.1, -0.05) is 31.1 Å². The van der Waals surface area contributed by atoms with Gasteiger partial charge in [0.1, 0.15) is 0 Å². The summed E-state index contributed by atoms with van der Waals surface area (Å²) in [5.74, 6) is 0.982. The van der Waals surface area contributed by atoms with Crippen molar-refractivity contribution in [2.75, 3.05) is 18.0 Å². The molecule has 1 aliphatic carbocycles. The normalized spacial score (nSPS) is 24.1. The lowest BCUT2D eigenvalue weighted by atomic mass is 9.85. The Morgan fingerprint density at radius 3 is 2.67 bits per heavy atom. The summed E-state index contributed by atoms with van der Waals surface area (Å²) < 4.78 is 1.81. The minimum Gasteiger partial charge on any atom is -0.353 e. The molecule has 0 radical (unpaired) electrons.